The van der Waals surface area contributed by atoms with Gasteiger partial charge in [-0.25, -0.2) is 4.98 Å². The predicted molar refractivity (Wildman–Crippen MR) is 109 cm³/mol. The van der Waals surface area contributed by atoms with Gasteiger partial charge in [0.25, 0.3) is 0 Å². The summed E-state index contributed by atoms with van der Waals surface area (Å²) in [4.78, 5) is 8.08. The van der Waals surface area contributed by atoms with Crippen LogP contribution in [0, 0.1) is 5.92 Å². The third kappa shape index (κ3) is 3.98. The van der Waals surface area contributed by atoms with E-state index >= 15 is 0 Å². The number of nitrogens with one attached hydrogen (secondary N) is 3. The van der Waals surface area contributed by atoms with Crippen LogP contribution in [-0.2, 0) is 6.42 Å². The van der Waals surface area contributed by atoms with E-state index in [0.29, 0.717) is 16.0 Å². The zero-order chi connectivity index (χ0) is 17.9. The fraction of sp³-hybridized carbons (Fsp3) is 0.350. The number of aromatic amines is 1. The van der Waals surface area contributed by atoms with Crippen molar-refractivity contribution in [3.05, 3.63) is 58.1 Å². The second kappa shape index (κ2) is 7.87. The summed E-state index contributed by atoms with van der Waals surface area (Å²) in [7, 11) is 0. The van der Waals surface area contributed by atoms with Crippen LogP contribution in [0.4, 0.5) is 5.95 Å². The highest BCUT2D eigenvalue weighted by atomic mass is 35.5. The molecule has 0 aliphatic carbocycles. The zero-order valence-corrected chi connectivity index (χ0v) is 15.9. The molecule has 1 aliphatic heterocycles. The summed E-state index contributed by atoms with van der Waals surface area (Å²) in [6.07, 6.45) is 3.19. The number of anilines is 1. The number of piperidine rings is 1. The molecule has 0 radical (unpaired) electrons. The van der Waals surface area contributed by atoms with Gasteiger partial charge in [-0.3, -0.25) is 0 Å². The van der Waals surface area contributed by atoms with Gasteiger partial charge < -0.3 is 15.6 Å². The van der Waals surface area contributed by atoms with Gasteiger partial charge in [-0.2, -0.15) is 0 Å². The van der Waals surface area contributed by atoms with Crippen molar-refractivity contribution in [2.75, 3.05) is 18.4 Å². The van der Waals surface area contributed by atoms with Crippen molar-refractivity contribution in [2.45, 2.75) is 25.3 Å². The summed E-state index contributed by atoms with van der Waals surface area (Å²) < 4.78 is 0. The van der Waals surface area contributed by atoms with Gasteiger partial charge >= 0.3 is 0 Å². The standard InChI is InChI=1S/C20H22Cl2N4/c21-15-6-5-13(11-16(15)22)12-19(14-7-9-23-10-8-14)26-20-24-17-3-1-2-4-18(17)25-20/h1-6,11,14,19,23H,7-10,12H2,(H2,24,25,26). The maximum absolute atomic E-state index is 6.22. The van der Waals surface area contributed by atoms with E-state index in [9.17, 15) is 0 Å². The number of rotatable bonds is 5. The van der Waals surface area contributed by atoms with Crippen molar-refractivity contribution >= 4 is 40.2 Å². The Bertz CT molecular complexity index is 853. The number of para-hydroxylation sites is 2. The first-order valence-electron chi connectivity index (χ1n) is 9.05. The molecule has 3 N–H and O–H groups in total. The largest absolute Gasteiger partial charge is 0.352 e. The topological polar surface area (TPSA) is 52.7 Å². The molecule has 0 amide bonds. The van der Waals surface area contributed by atoms with E-state index in [0.717, 1.165) is 49.3 Å². The molecule has 1 fully saturated rings. The van der Waals surface area contributed by atoms with E-state index in [1.807, 2.05) is 36.4 Å². The number of H-pyrrole nitrogens is 1. The highest BCUT2D eigenvalue weighted by Gasteiger charge is 2.25. The molecule has 1 atom stereocenters. The van der Waals surface area contributed by atoms with E-state index in [1.165, 1.54) is 5.56 Å². The third-order valence-corrected chi connectivity index (χ3v) is 5.84. The van der Waals surface area contributed by atoms with Crippen LogP contribution in [0.25, 0.3) is 11.0 Å². The van der Waals surface area contributed by atoms with Gasteiger partial charge in [0.1, 0.15) is 0 Å². The first-order valence-corrected chi connectivity index (χ1v) is 9.80. The molecule has 1 aliphatic rings. The number of benzene rings is 2. The van der Waals surface area contributed by atoms with Gasteiger partial charge in [0.05, 0.1) is 21.1 Å². The second-order valence-corrected chi connectivity index (χ2v) is 7.71. The lowest BCUT2D eigenvalue weighted by Gasteiger charge is -2.31. The van der Waals surface area contributed by atoms with Crippen LogP contribution in [0.15, 0.2) is 42.5 Å². The molecule has 3 aromatic rings. The molecule has 4 rings (SSSR count). The van der Waals surface area contributed by atoms with Gasteiger partial charge in [0.2, 0.25) is 5.95 Å². The van der Waals surface area contributed by atoms with Gasteiger partial charge in [-0.05, 0) is 68.1 Å². The second-order valence-electron chi connectivity index (χ2n) is 6.89. The Morgan fingerprint density at radius 2 is 1.88 bits per heavy atom. The van der Waals surface area contributed by atoms with Crippen LogP contribution in [0.5, 0.6) is 0 Å². The third-order valence-electron chi connectivity index (χ3n) is 5.10. The molecule has 0 spiro atoms. The van der Waals surface area contributed by atoms with Crippen LogP contribution in [0.1, 0.15) is 18.4 Å². The van der Waals surface area contributed by atoms with E-state index < -0.39 is 0 Å². The summed E-state index contributed by atoms with van der Waals surface area (Å²) in [5.41, 5.74) is 3.22. The molecule has 0 saturated carbocycles. The molecular weight excluding hydrogens is 367 g/mol. The fourth-order valence-corrected chi connectivity index (χ4v) is 4.02. The van der Waals surface area contributed by atoms with E-state index in [-0.39, 0.29) is 6.04 Å². The van der Waals surface area contributed by atoms with E-state index in [2.05, 4.69) is 21.7 Å². The SMILES string of the molecule is Clc1ccc(CC(Nc2nc3ccccc3[nH]2)C2CCNCC2)cc1Cl. The first kappa shape index (κ1) is 17.7. The number of hydrogen-bond acceptors (Lipinski definition) is 3. The van der Waals surface area contributed by atoms with Crippen LogP contribution < -0.4 is 10.6 Å². The van der Waals surface area contributed by atoms with Crippen molar-refractivity contribution in [3.8, 4) is 0 Å². The average Bonchev–Trinajstić information content (AvgIpc) is 3.07. The van der Waals surface area contributed by atoms with E-state index in [1.54, 1.807) is 0 Å². The maximum Gasteiger partial charge on any atom is 0.201 e. The molecule has 2 heterocycles. The molecule has 0 bridgehead atoms. The average molecular weight is 389 g/mol. The Balaban J connectivity index is 1.58. The number of halogens is 2. The minimum Gasteiger partial charge on any atom is -0.352 e. The van der Waals surface area contributed by atoms with Gasteiger partial charge in [-0.15, -0.1) is 0 Å². The Hall–Kier alpha value is -1.75. The quantitative estimate of drug-likeness (QED) is 0.582. The smallest absolute Gasteiger partial charge is 0.201 e. The Kier molecular flexibility index (Phi) is 5.34. The maximum atomic E-state index is 6.22. The molecule has 6 heteroatoms. The van der Waals surface area contributed by atoms with Gasteiger partial charge in [-0.1, -0.05) is 41.4 Å². The zero-order valence-electron chi connectivity index (χ0n) is 14.4. The molecular formula is C20H22Cl2N4. The lowest BCUT2D eigenvalue weighted by molar-refractivity contribution is 0.329. The monoisotopic (exact) mass is 388 g/mol. The van der Waals surface area contributed by atoms with Crippen LogP contribution in [0.2, 0.25) is 10.0 Å². The Labute approximate surface area is 163 Å². The molecule has 1 saturated heterocycles. The number of fused-ring (bicyclic) bond motifs is 1. The van der Waals surface area contributed by atoms with Crippen molar-refractivity contribution in [3.63, 3.8) is 0 Å². The molecule has 1 unspecified atom stereocenters. The lowest BCUT2D eigenvalue weighted by atomic mass is 9.86. The summed E-state index contributed by atoms with van der Waals surface area (Å²) in [5, 5.41) is 8.30. The highest BCUT2D eigenvalue weighted by molar-refractivity contribution is 6.42. The minimum absolute atomic E-state index is 0.287. The van der Waals surface area contributed by atoms with Crippen molar-refractivity contribution in [1.29, 1.82) is 0 Å². The summed E-state index contributed by atoms with van der Waals surface area (Å²) in [6, 6.07) is 14.3. The fourth-order valence-electron chi connectivity index (χ4n) is 3.70. The summed E-state index contributed by atoms with van der Waals surface area (Å²) in [5.74, 6) is 1.41. The molecule has 26 heavy (non-hydrogen) atoms. The van der Waals surface area contributed by atoms with Crippen LogP contribution in [0.3, 0.4) is 0 Å². The Morgan fingerprint density at radius 3 is 2.65 bits per heavy atom. The summed E-state index contributed by atoms with van der Waals surface area (Å²) >= 11 is 12.3. The highest BCUT2D eigenvalue weighted by Crippen LogP contribution is 2.27. The Morgan fingerprint density at radius 1 is 1.08 bits per heavy atom. The lowest BCUT2D eigenvalue weighted by Crippen LogP contribution is -2.39. The van der Waals surface area contributed by atoms with Crippen LogP contribution >= 0.6 is 23.2 Å². The van der Waals surface area contributed by atoms with Crippen molar-refractivity contribution in [2.24, 2.45) is 5.92 Å². The van der Waals surface area contributed by atoms with Crippen molar-refractivity contribution < 1.29 is 0 Å². The first-order chi connectivity index (χ1) is 12.7. The predicted octanol–water partition coefficient (Wildman–Crippen LogP) is 4.89. The van der Waals surface area contributed by atoms with Crippen LogP contribution in [-0.4, -0.2) is 29.1 Å². The van der Waals surface area contributed by atoms with E-state index in [4.69, 9.17) is 28.2 Å². The number of imidazole rings is 1. The molecule has 4 nitrogen and oxygen atoms in total. The minimum atomic E-state index is 0.287. The number of aromatic nitrogens is 2. The molecule has 1 aromatic heterocycles. The van der Waals surface area contributed by atoms with Gasteiger partial charge in [0, 0.05) is 6.04 Å². The van der Waals surface area contributed by atoms with Crippen molar-refractivity contribution in [1.82, 2.24) is 15.3 Å². The molecule has 136 valence electrons. The van der Waals surface area contributed by atoms with Gasteiger partial charge in [0.15, 0.2) is 0 Å². The number of nitrogens with zero attached hydrogens (tertiary/aromatic N) is 1. The normalized spacial score (nSPS) is 16.7. The number of hydrogen-bond donors (Lipinski definition) is 3. The summed E-state index contributed by atoms with van der Waals surface area (Å²) in [6.45, 7) is 2.12. The molecule has 2 aromatic carbocycles.